The molecule has 5 rings (SSSR count). The molecule has 0 fully saturated rings. The Hall–Kier alpha value is -3.92. The van der Waals surface area contributed by atoms with Crippen molar-refractivity contribution in [3.05, 3.63) is 90.5 Å². The Bertz CT molecular complexity index is 1410. The first kappa shape index (κ1) is 20.0. The van der Waals surface area contributed by atoms with Crippen molar-refractivity contribution >= 4 is 10.8 Å². The van der Waals surface area contributed by atoms with Crippen LogP contribution in [0, 0.1) is 0 Å². The van der Waals surface area contributed by atoms with E-state index in [0.29, 0.717) is 17.3 Å². The van der Waals surface area contributed by atoms with E-state index < -0.39 is 0 Å². The van der Waals surface area contributed by atoms with Crippen molar-refractivity contribution in [2.75, 3.05) is 0 Å². The van der Waals surface area contributed by atoms with E-state index >= 15 is 0 Å². The van der Waals surface area contributed by atoms with Gasteiger partial charge in [0.15, 0.2) is 0 Å². The van der Waals surface area contributed by atoms with Crippen LogP contribution in [0.4, 0.5) is 0 Å². The highest BCUT2D eigenvalue weighted by Crippen LogP contribution is 2.43. The molecule has 0 unspecified atom stereocenters. The third-order valence-corrected chi connectivity index (χ3v) is 5.74. The molecule has 0 aliphatic carbocycles. The summed E-state index contributed by atoms with van der Waals surface area (Å²) in [4.78, 5) is 4.59. The summed E-state index contributed by atoms with van der Waals surface area (Å²) < 4.78 is 5.61. The second-order valence-corrected chi connectivity index (χ2v) is 8.99. The van der Waals surface area contributed by atoms with Gasteiger partial charge in [-0.1, -0.05) is 98.7 Å². The Morgan fingerprint density at radius 3 is 2.22 bits per heavy atom. The molecule has 1 N–H and O–H groups in total. The third kappa shape index (κ3) is 3.54. The minimum atomic E-state index is -0.135. The molecular formula is C28H24N2O2. The van der Waals surface area contributed by atoms with Crippen LogP contribution in [0.2, 0.25) is 0 Å². The highest BCUT2D eigenvalue weighted by Gasteiger charge is 2.24. The van der Waals surface area contributed by atoms with Crippen LogP contribution in [-0.4, -0.2) is 15.2 Å². The van der Waals surface area contributed by atoms with Gasteiger partial charge in [0.2, 0.25) is 5.82 Å². The van der Waals surface area contributed by atoms with E-state index in [0.717, 1.165) is 33.0 Å². The van der Waals surface area contributed by atoms with Gasteiger partial charge in [0.25, 0.3) is 5.89 Å². The Kier molecular flexibility index (Phi) is 4.78. The van der Waals surface area contributed by atoms with E-state index in [9.17, 15) is 5.11 Å². The fourth-order valence-corrected chi connectivity index (χ4v) is 3.93. The maximum atomic E-state index is 11.4. The van der Waals surface area contributed by atoms with E-state index in [1.54, 1.807) is 0 Å². The Balaban J connectivity index is 1.74. The monoisotopic (exact) mass is 420 g/mol. The minimum Gasteiger partial charge on any atom is -0.506 e. The molecule has 0 aliphatic rings. The van der Waals surface area contributed by atoms with Gasteiger partial charge in [-0.25, -0.2) is 0 Å². The number of fused-ring (bicyclic) bond motifs is 1. The van der Waals surface area contributed by atoms with Gasteiger partial charge in [-0.15, -0.1) is 0 Å². The summed E-state index contributed by atoms with van der Waals surface area (Å²) in [7, 11) is 0. The van der Waals surface area contributed by atoms with Crippen molar-refractivity contribution in [1.82, 2.24) is 10.1 Å². The Labute approximate surface area is 187 Å². The first-order chi connectivity index (χ1) is 15.4. The summed E-state index contributed by atoms with van der Waals surface area (Å²) in [6, 6.07) is 28.0. The van der Waals surface area contributed by atoms with Crippen LogP contribution >= 0.6 is 0 Å². The van der Waals surface area contributed by atoms with Crippen molar-refractivity contribution in [3.8, 4) is 39.7 Å². The molecule has 0 aliphatic heterocycles. The largest absolute Gasteiger partial charge is 0.506 e. The van der Waals surface area contributed by atoms with Gasteiger partial charge in [0.1, 0.15) is 5.75 Å². The van der Waals surface area contributed by atoms with Gasteiger partial charge >= 0.3 is 0 Å². The van der Waals surface area contributed by atoms with E-state index in [1.807, 2.05) is 60.7 Å². The molecule has 32 heavy (non-hydrogen) atoms. The zero-order valence-electron chi connectivity index (χ0n) is 18.3. The predicted octanol–water partition coefficient (Wildman–Crippen LogP) is 7.23. The lowest BCUT2D eigenvalue weighted by Gasteiger charge is -2.22. The fraction of sp³-hybridized carbons (Fsp3) is 0.143. The molecule has 4 heteroatoms. The van der Waals surface area contributed by atoms with E-state index in [4.69, 9.17) is 4.52 Å². The van der Waals surface area contributed by atoms with Crippen LogP contribution in [-0.2, 0) is 5.41 Å². The Morgan fingerprint density at radius 1 is 0.750 bits per heavy atom. The van der Waals surface area contributed by atoms with Gasteiger partial charge in [-0.3, -0.25) is 0 Å². The normalized spacial score (nSPS) is 11.7. The molecule has 0 bridgehead atoms. The van der Waals surface area contributed by atoms with Gasteiger partial charge in [-0.2, -0.15) is 4.98 Å². The number of hydrogen-bond donors (Lipinski definition) is 1. The molecule has 1 aromatic heterocycles. The maximum absolute atomic E-state index is 11.4. The van der Waals surface area contributed by atoms with Crippen LogP contribution in [0.1, 0.15) is 26.3 Å². The molecule has 0 amide bonds. The van der Waals surface area contributed by atoms with Crippen molar-refractivity contribution in [2.24, 2.45) is 0 Å². The summed E-state index contributed by atoms with van der Waals surface area (Å²) in [5.74, 6) is 0.930. The summed E-state index contributed by atoms with van der Waals surface area (Å²) in [5.41, 5.74) is 4.06. The molecule has 0 radical (unpaired) electrons. The summed E-state index contributed by atoms with van der Waals surface area (Å²) in [5, 5.41) is 17.8. The number of aromatic hydroxyl groups is 1. The standard InChI is InChI=1S/C28H24N2O2/c1-28(2,3)20-16-23(22-15-9-13-18-10-7-8-14-21(18)22)25(31)24(17-20)27-29-26(30-32-27)19-11-5-4-6-12-19/h4-17,31H,1-3H3. The number of phenols is 1. The lowest BCUT2D eigenvalue weighted by Crippen LogP contribution is -2.11. The second kappa shape index (κ2) is 7.65. The van der Waals surface area contributed by atoms with Gasteiger partial charge in [0, 0.05) is 11.1 Å². The molecule has 0 spiro atoms. The van der Waals surface area contributed by atoms with Crippen molar-refractivity contribution < 1.29 is 9.63 Å². The molecule has 5 aromatic rings. The molecule has 4 aromatic carbocycles. The van der Waals surface area contributed by atoms with Crippen LogP contribution in [0.25, 0.3) is 44.7 Å². The van der Waals surface area contributed by atoms with Crippen molar-refractivity contribution in [2.45, 2.75) is 26.2 Å². The lowest BCUT2D eigenvalue weighted by atomic mass is 9.83. The lowest BCUT2D eigenvalue weighted by molar-refractivity contribution is 0.425. The Morgan fingerprint density at radius 2 is 1.44 bits per heavy atom. The average molecular weight is 421 g/mol. The molecule has 1 heterocycles. The number of rotatable bonds is 3. The topological polar surface area (TPSA) is 59.2 Å². The SMILES string of the molecule is CC(C)(C)c1cc(-c2nc(-c3ccccc3)no2)c(O)c(-c2cccc3ccccc23)c1. The van der Waals surface area contributed by atoms with Crippen molar-refractivity contribution in [3.63, 3.8) is 0 Å². The van der Waals surface area contributed by atoms with Crippen LogP contribution in [0.5, 0.6) is 5.75 Å². The van der Waals surface area contributed by atoms with Crippen LogP contribution < -0.4 is 0 Å². The van der Waals surface area contributed by atoms with Crippen LogP contribution in [0.15, 0.2) is 89.5 Å². The molecule has 4 nitrogen and oxygen atoms in total. The molecule has 0 atom stereocenters. The van der Waals surface area contributed by atoms with E-state index in [2.05, 4.69) is 55.2 Å². The second-order valence-electron chi connectivity index (χ2n) is 8.99. The van der Waals surface area contributed by atoms with Gasteiger partial charge in [0.05, 0.1) is 5.56 Å². The number of aromatic nitrogens is 2. The predicted molar refractivity (Wildman–Crippen MR) is 128 cm³/mol. The highest BCUT2D eigenvalue weighted by molar-refractivity contribution is 5.99. The van der Waals surface area contributed by atoms with E-state index in [-0.39, 0.29) is 11.2 Å². The maximum Gasteiger partial charge on any atom is 0.262 e. The minimum absolute atomic E-state index is 0.135. The zero-order valence-corrected chi connectivity index (χ0v) is 18.3. The average Bonchev–Trinajstić information content (AvgIpc) is 3.29. The van der Waals surface area contributed by atoms with Crippen molar-refractivity contribution in [1.29, 1.82) is 0 Å². The summed E-state index contributed by atoms with van der Waals surface area (Å²) in [6.45, 7) is 6.46. The van der Waals surface area contributed by atoms with Gasteiger partial charge in [-0.05, 0) is 39.4 Å². The first-order valence-corrected chi connectivity index (χ1v) is 10.7. The number of hydrogen-bond acceptors (Lipinski definition) is 4. The number of nitrogens with zero attached hydrogens (tertiary/aromatic N) is 2. The van der Waals surface area contributed by atoms with Crippen LogP contribution in [0.3, 0.4) is 0 Å². The number of benzene rings is 4. The number of phenolic OH excluding ortho intramolecular Hbond substituents is 1. The first-order valence-electron chi connectivity index (χ1n) is 10.7. The third-order valence-electron chi connectivity index (χ3n) is 5.74. The highest BCUT2D eigenvalue weighted by atomic mass is 16.5. The van der Waals surface area contributed by atoms with Gasteiger partial charge < -0.3 is 9.63 Å². The molecular weight excluding hydrogens is 396 g/mol. The quantitative estimate of drug-likeness (QED) is 0.334. The smallest absolute Gasteiger partial charge is 0.262 e. The molecule has 0 saturated carbocycles. The molecule has 158 valence electrons. The summed E-state index contributed by atoms with van der Waals surface area (Å²) in [6.07, 6.45) is 0. The zero-order chi connectivity index (χ0) is 22.3. The summed E-state index contributed by atoms with van der Waals surface area (Å²) >= 11 is 0. The fourth-order valence-electron chi connectivity index (χ4n) is 3.93. The van der Waals surface area contributed by atoms with E-state index in [1.165, 1.54) is 0 Å². The molecule has 0 saturated heterocycles.